The number of ether oxygens (including phenoxy) is 3. The smallest absolute Gasteiger partial charge is 0.203 e. The highest BCUT2D eigenvalue weighted by Crippen LogP contribution is 2.40. The molecule has 0 atom stereocenters. The van der Waals surface area contributed by atoms with E-state index in [9.17, 15) is 0 Å². The summed E-state index contributed by atoms with van der Waals surface area (Å²) < 4.78 is 16.4. The van der Waals surface area contributed by atoms with E-state index in [4.69, 9.17) is 37.4 Å². The molecule has 1 saturated heterocycles. The molecule has 3 aromatic rings. The lowest BCUT2D eigenvalue weighted by atomic mass is 10.1. The van der Waals surface area contributed by atoms with Crippen LogP contribution in [-0.2, 0) is 13.1 Å². The van der Waals surface area contributed by atoms with Gasteiger partial charge in [-0.2, -0.15) is 0 Å². The van der Waals surface area contributed by atoms with Crippen LogP contribution in [0.2, 0.25) is 10.0 Å². The third kappa shape index (κ3) is 5.58. The van der Waals surface area contributed by atoms with Gasteiger partial charge in [0.2, 0.25) is 5.75 Å². The van der Waals surface area contributed by atoms with Crippen molar-refractivity contribution in [2.75, 3.05) is 47.5 Å². The lowest BCUT2D eigenvalue weighted by molar-refractivity contribution is 0.122. The molecule has 0 unspecified atom stereocenters. The fourth-order valence-electron chi connectivity index (χ4n) is 4.23. The second kappa shape index (κ2) is 11.3. The Labute approximate surface area is 211 Å². The van der Waals surface area contributed by atoms with Crippen LogP contribution in [0.4, 0.5) is 0 Å². The van der Waals surface area contributed by atoms with Crippen molar-refractivity contribution in [1.82, 2.24) is 14.8 Å². The number of benzene rings is 2. The molecule has 1 aliphatic rings. The fourth-order valence-corrected chi connectivity index (χ4v) is 4.75. The van der Waals surface area contributed by atoms with Gasteiger partial charge < -0.3 is 14.2 Å². The van der Waals surface area contributed by atoms with Gasteiger partial charge in [0.25, 0.3) is 0 Å². The summed E-state index contributed by atoms with van der Waals surface area (Å²) in [7, 11) is 4.83. The maximum Gasteiger partial charge on any atom is 0.203 e. The molecule has 0 radical (unpaired) electrons. The lowest BCUT2D eigenvalue weighted by Crippen LogP contribution is -2.45. The van der Waals surface area contributed by atoms with Crippen LogP contribution in [0, 0.1) is 0 Å². The van der Waals surface area contributed by atoms with E-state index in [-0.39, 0.29) is 0 Å². The molecule has 0 aliphatic carbocycles. The maximum absolute atomic E-state index is 6.35. The minimum atomic E-state index is 0.570. The largest absolute Gasteiger partial charge is 0.493 e. The van der Waals surface area contributed by atoms with Gasteiger partial charge in [-0.15, -0.1) is 0 Å². The molecule has 34 heavy (non-hydrogen) atoms. The van der Waals surface area contributed by atoms with E-state index in [1.807, 2.05) is 36.5 Å². The number of aromatic nitrogens is 1. The summed E-state index contributed by atoms with van der Waals surface area (Å²) in [4.78, 5) is 9.44. The Hall–Kier alpha value is -2.51. The number of hydrogen-bond acceptors (Lipinski definition) is 6. The Bertz CT molecular complexity index is 1090. The van der Waals surface area contributed by atoms with Gasteiger partial charge in [0.1, 0.15) is 0 Å². The average molecular weight is 502 g/mol. The van der Waals surface area contributed by atoms with E-state index in [2.05, 4.69) is 26.9 Å². The summed E-state index contributed by atoms with van der Waals surface area (Å²) in [6, 6.07) is 13.7. The van der Waals surface area contributed by atoms with Crippen LogP contribution in [0.1, 0.15) is 11.1 Å². The zero-order chi connectivity index (χ0) is 24.1. The SMILES string of the molecule is COc1cc(-c2cc(CN3CCN(Cc4c(Cl)cccc4Cl)CC3)ccn2)cc(OC)c1OC. The zero-order valence-electron chi connectivity index (χ0n) is 19.7. The van der Waals surface area contributed by atoms with Gasteiger partial charge in [0.15, 0.2) is 11.5 Å². The maximum atomic E-state index is 6.35. The van der Waals surface area contributed by atoms with Crippen molar-refractivity contribution < 1.29 is 14.2 Å². The molecule has 1 aromatic heterocycles. The Morgan fingerprint density at radius 3 is 1.94 bits per heavy atom. The highest BCUT2D eigenvalue weighted by molar-refractivity contribution is 6.35. The second-order valence-corrected chi connectivity index (χ2v) is 9.03. The molecule has 4 rings (SSSR count). The third-order valence-corrected chi connectivity index (χ3v) is 6.81. The molecule has 1 fully saturated rings. The number of nitrogens with zero attached hydrogens (tertiary/aromatic N) is 3. The highest BCUT2D eigenvalue weighted by Gasteiger charge is 2.20. The first-order valence-corrected chi connectivity index (χ1v) is 11.9. The molecule has 0 saturated carbocycles. The van der Waals surface area contributed by atoms with Crippen LogP contribution in [-0.4, -0.2) is 62.3 Å². The van der Waals surface area contributed by atoms with Gasteiger partial charge in [-0.1, -0.05) is 29.3 Å². The number of hydrogen-bond donors (Lipinski definition) is 0. The summed E-state index contributed by atoms with van der Waals surface area (Å²) >= 11 is 12.7. The molecule has 1 aliphatic heterocycles. The number of halogens is 2. The summed E-state index contributed by atoms with van der Waals surface area (Å²) in [5.74, 6) is 1.79. The highest BCUT2D eigenvalue weighted by atomic mass is 35.5. The topological polar surface area (TPSA) is 47.1 Å². The Kier molecular flexibility index (Phi) is 8.16. The van der Waals surface area contributed by atoms with Crippen LogP contribution in [0.5, 0.6) is 17.2 Å². The molecule has 0 amide bonds. The van der Waals surface area contributed by atoms with Crippen LogP contribution in [0.3, 0.4) is 0 Å². The normalized spacial score (nSPS) is 14.7. The van der Waals surface area contributed by atoms with Crippen molar-refractivity contribution in [3.63, 3.8) is 0 Å². The predicted octanol–water partition coefficient (Wildman–Crippen LogP) is 5.40. The monoisotopic (exact) mass is 501 g/mol. The van der Waals surface area contributed by atoms with Crippen molar-refractivity contribution >= 4 is 23.2 Å². The van der Waals surface area contributed by atoms with Crippen LogP contribution >= 0.6 is 23.2 Å². The van der Waals surface area contributed by atoms with Gasteiger partial charge in [0.05, 0.1) is 27.0 Å². The molecule has 0 bridgehead atoms. The number of rotatable bonds is 8. The van der Waals surface area contributed by atoms with Gasteiger partial charge >= 0.3 is 0 Å². The molecule has 8 heteroatoms. The van der Waals surface area contributed by atoms with Crippen molar-refractivity contribution in [1.29, 1.82) is 0 Å². The zero-order valence-corrected chi connectivity index (χ0v) is 21.2. The molecular weight excluding hydrogens is 473 g/mol. The van der Waals surface area contributed by atoms with Crippen molar-refractivity contribution in [3.05, 3.63) is 69.8 Å². The summed E-state index contributed by atoms with van der Waals surface area (Å²) in [5.41, 5.74) is 3.99. The van der Waals surface area contributed by atoms with Crippen LogP contribution < -0.4 is 14.2 Å². The number of piperazine rings is 1. The standard InChI is InChI=1S/C26H29Cl2N3O3/c1-32-24-14-19(15-25(33-2)26(24)34-3)23-13-18(7-8-29-23)16-30-9-11-31(12-10-30)17-20-21(27)5-4-6-22(20)28/h4-8,13-15H,9-12,16-17H2,1-3H3. The quantitative estimate of drug-likeness (QED) is 0.411. The van der Waals surface area contributed by atoms with E-state index in [1.54, 1.807) is 21.3 Å². The molecule has 0 N–H and O–H groups in total. The van der Waals surface area contributed by atoms with E-state index < -0.39 is 0 Å². The Balaban J connectivity index is 1.42. The molecule has 2 heterocycles. The molecule has 6 nitrogen and oxygen atoms in total. The van der Waals surface area contributed by atoms with Crippen molar-refractivity contribution in [2.45, 2.75) is 13.1 Å². The van der Waals surface area contributed by atoms with Crippen LogP contribution in [0.25, 0.3) is 11.3 Å². The second-order valence-electron chi connectivity index (χ2n) is 8.22. The van der Waals surface area contributed by atoms with Gasteiger partial charge in [-0.25, -0.2) is 0 Å². The first kappa shape index (κ1) is 24.6. The minimum Gasteiger partial charge on any atom is -0.493 e. The van der Waals surface area contributed by atoms with E-state index in [0.717, 1.165) is 66.1 Å². The fraction of sp³-hybridized carbons (Fsp3) is 0.346. The summed E-state index contributed by atoms with van der Waals surface area (Å²) in [6.45, 7) is 5.51. The Morgan fingerprint density at radius 1 is 0.794 bits per heavy atom. The molecule has 0 spiro atoms. The predicted molar refractivity (Wildman–Crippen MR) is 136 cm³/mol. The van der Waals surface area contributed by atoms with Crippen molar-refractivity contribution in [2.24, 2.45) is 0 Å². The third-order valence-electron chi connectivity index (χ3n) is 6.10. The lowest BCUT2D eigenvalue weighted by Gasteiger charge is -2.35. The van der Waals surface area contributed by atoms with Gasteiger partial charge in [-0.3, -0.25) is 14.8 Å². The van der Waals surface area contributed by atoms with E-state index in [0.29, 0.717) is 17.2 Å². The van der Waals surface area contributed by atoms with Crippen molar-refractivity contribution in [3.8, 4) is 28.5 Å². The number of methoxy groups -OCH3 is 3. The minimum absolute atomic E-state index is 0.570. The van der Waals surface area contributed by atoms with Crippen LogP contribution in [0.15, 0.2) is 48.7 Å². The van der Waals surface area contributed by atoms with E-state index >= 15 is 0 Å². The Morgan fingerprint density at radius 2 is 1.38 bits per heavy atom. The summed E-state index contributed by atoms with van der Waals surface area (Å²) in [5, 5.41) is 1.46. The molecule has 2 aromatic carbocycles. The molecular formula is C26H29Cl2N3O3. The number of pyridine rings is 1. The summed E-state index contributed by atoms with van der Waals surface area (Å²) in [6.07, 6.45) is 1.85. The van der Waals surface area contributed by atoms with Gasteiger partial charge in [-0.05, 0) is 42.0 Å². The first-order chi connectivity index (χ1) is 16.5. The average Bonchev–Trinajstić information content (AvgIpc) is 2.86. The molecule has 180 valence electrons. The van der Waals surface area contributed by atoms with E-state index in [1.165, 1.54) is 5.56 Å². The van der Waals surface area contributed by atoms with Gasteiger partial charge in [0, 0.05) is 66.6 Å². The first-order valence-electron chi connectivity index (χ1n) is 11.1.